The van der Waals surface area contributed by atoms with Crippen molar-refractivity contribution in [1.29, 1.82) is 0 Å². The smallest absolute Gasteiger partial charge is 0.308 e. The van der Waals surface area contributed by atoms with Crippen molar-refractivity contribution in [2.45, 2.75) is 317 Å². The van der Waals surface area contributed by atoms with Crippen molar-refractivity contribution in [3.8, 4) is 17.2 Å². The number of hydrogen-bond acceptors (Lipinski definition) is 35. The van der Waals surface area contributed by atoms with Crippen LogP contribution in [0.4, 0.5) is 0 Å². The Morgan fingerprint density at radius 2 is 0.899 bits per heavy atom. The molecular weight excluding hydrogens is 1450 g/mol. The molecule has 1 unspecified atom stereocenters. The number of carbonyl (C=O) groups is 13. The molecular formula is C74H98O35. The molecule has 1 aliphatic carbocycles. The Morgan fingerprint density at radius 1 is 0.477 bits per heavy atom. The van der Waals surface area contributed by atoms with E-state index in [0.717, 1.165) is 41.7 Å². The summed E-state index contributed by atoms with van der Waals surface area (Å²) in [7, 11) is 1.13. The van der Waals surface area contributed by atoms with Gasteiger partial charge in [-0.2, -0.15) is 0 Å². The van der Waals surface area contributed by atoms with Gasteiger partial charge in [0, 0.05) is 127 Å². The summed E-state index contributed by atoms with van der Waals surface area (Å²) in [5.41, 5.74) is -1.66. The van der Waals surface area contributed by atoms with Crippen molar-refractivity contribution < 1.29 is 167 Å². The van der Waals surface area contributed by atoms with E-state index in [-0.39, 0.29) is 64.6 Å². The molecule has 109 heavy (non-hydrogen) atoms. The number of rotatable bonds is 26. The van der Waals surface area contributed by atoms with Crippen LogP contribution in [0.2, 0.25) is 0 Å². The lowest BCUT2D eigenvalue weighted by atomic mass is 9.74. The quantitative estimate of drug-likeness (QED) is 0.0652. The molecule has 5 aliphatic heterocycles. The van der Waals surface area contributed by atoms with Gasteiger partial charge in [-0.1, -0.05) is 0 Å². The number of fused-ring (bicyclic) bond motifs is 2. The van der Waals surface area contributed by atoms with Gasteiger partial charge in [0.15, 0.2) is 78.9 Å². The fourth-order valence-corrected chi connectivity index (χ4v) is 15.0. The van der Waals surface area contributed by atoms with Crippen LogP contribution in [0.15, 0.2) is 12.1 Å². The number of hydrogen-bond donors (Lipinski definition) is 0. The number of methoxy groups -OCH3 is 1. The van der Waals surface area contributed by atoms with Crippen molar-refractivity contribution >= 4 is 88.0 Å². The molecule has 5 saturated heterocycles. The van der Waals surface area contributed by atoms with E-state index in [2.05, 4.69) is 0 Å². The highest BCUT2D eigenvalue weighted by molar-refractivity contribution is 6.12. The molecule has 35 nitrogen and oxygen atoms in total. The number of esters is 11. The van der Waals surface area contributed by atoms with Crippen molar-refractivity contribution in [3.05, 3.63) is 28.8 Å². The first-order valence-electron chi connectivity index (χ1n) is 35.8. The zero-order valence-electron chi connectivity index (χ0n) is 64.5. The second-order valence-electron chi connectivity index (χ2n) is 28.1. The predicted octanol–water partition coefficient (Wildman–Crippen LogP) is 5.33. The average Bonchev–Trinajstić information content (AvgIpc) is 0.724. The van der Waals surface area contributed by atoms with Crippen molar-refractivity contribution in [2.75, 3.05) is 7.11 Å². The molecule has 0 radical (unpaired) electrons. The third-order valence-corrected chi connectivity index (χ3v) is 18.9. The molecule has 6 aliphatic rings. The van der Waals surface area contributed by atoms with E-state index < -0.39 is 249 Å². The van der Waals surface area contributed by atoms with Gasteiger partial charge in [0.2, 0.25) is 12.1 Å². The van der Waals surface area contributed by atoms with Gasteiger partial charge in [-0.25, -0.2) is 0 Å². The van der Waals surface area contributed by atoms with Crippen LogP contribution in [-0.2, 0) is 154 Å². The molecule has 5 fully saturated rings. The first-order valence-corrected chi connectivity index (χ1v) is 35.8. The molecule has 0 bridgehead atoms. The van der Waals surface area contributed by atoms with Gasteiger partial charge in [-0.15, -0.1) is 0 Å². The summed E-state index contributed by atoms with van der Waals surface area (Å²) < 4.78 is 134. The topological polar surface area (TPSA) is 425 Å². The number of ketones is 2. The van der Waals surface area contributed by atoms with Crippen molar-refractivity contribution in [3.63, 3.8) is 0 Å². The fraction of sp³-hybridized carbons (Fsp3) is 0.689. The molecule has 0 aromatic heterocycles. The van der Waals surface area contributed by atoms with E-state index >= 15 is 9.59 Å². The van der Waals surface area contributed by atoms with E-state index in [0.29, 0.717) is 0 Å². The van der Waals surface area contributed by atoms with Crippen molar-refractivity contribution in [1.82, 2.24) is 0 Å². The standard InChI is InChI=1S/C74H98O35/c1-29-50(104-55-25-52(66(31(3)90-55)98-40(12)79)105-56-24-51(95-37(9)76)65(30(2)91-56)97-39(11)78)23-48-21-47-22-49(70(88-20)63(87)69(101-43(15)82)34(6)89-36(8)75)71(62(86)60(47)72(102-44(16)83)61(48)64(29)96-38(10)77)108-58-27-53(67(33(5)93-58)99-41(13)80)106-57-26-54(68(32(4)92-57)100-42(14)81)107-59-28-74(19,109-46(18)85)73(35(7)94-59)103-45(17)84/h21,23,30-35,49,51-59,65-71,73H,22,24-28H2,1-20H3/t30-,31-,32-,33-,34-,35-,49?,51-,52-,53-,54-,55+,56+,57+,58+,59+,65-,66+,67-,68-,69+,70+,71+,73-,74+/m1/s1. The summed E-state index contributed by atoms with van der Waals surface area (Å²) in [4.78, 5) is 171. The maximum Gasteiger partial charge on any atom is 0.308 e. The third-order valence-electron chi connectivity index (χ3n) is 18.9. The summed E-state index contributed by atoms with van der Waals surface area (Å²) in [5, 5.41) is -0.0242. The lowest BCUT2D eigenvalue weighted by Crippen LogP contribution is -2.60. The lowest BCUT2D eigenvalue weighted by Gasteiger charge is -2.48. The first-order chi connectivity index (χ1) is 51.0. The monoisotopic (exact) mass is 1550 g/mol. The van der Waals surface area contributed by atoms with Crippen LogP contribution < -0.4 is 14.2 Å². The summed E-state index contributed by atoms with van der Waals surface area (Å²) in [6.07, 6.45) is -30.0. The van der Waals surface area contributed by atoms with E-state index in [1.54, 1.807) is 34.6 Å². The Hall–Kier alpha value is -8.39. The Balaban J connectivity index is 1.20. The van der Waals surface area contributed by atoms with Gasteiger partial charge in [0.1, 0.15) is 54.2 Å². The second-order valence-corrected chi connectivity index (χ2v) is 28.1. The molecule has 0 N–H and O–H groups in total. The third kappa shape index (κ3) is 21.6. The molecule has 35 heteroatoms. The van der Waals surface area contributed by atoms with E-state index in [4.69, 9.17) is 104 Å². The molecule has 8 rings (SSSR count). The van der Waals surface area contributed by atoms with Crippen LogP contribution in [0, 0.1) is 12.8 Å². The highest BCUT2D eigenvalue weighted by Crippen LogP contribution is 2.50. The van der Waals surface area contributed by atoms with Gasteiger partial charge in [-0.3, -0.25) is 62.3 Å². The minimum atomic E-state index is -1.91. The minimum absolute atomic E-state index is 0.0188. The van der Waals surface area contributed by atoms with Crippen molar-refractivity contribution in [2.24, 2.45) is 5.92 Å². The fourth-order valence-electron chi connectivity index (χ4n) is 15.0. The number of Topliss-reactive ketones (excluding diaryl/α,β-unsaturated/α-hetero) is 2. The molecule has 604 valence electrons. The zero-order valence-corrected chi connectivity index (χ0v) is 64.5. The zero-order chi connectivity index (χ0) is 80.7. The SMILES string of the molecule is CO[C@H](C(=O)[C@@H](OC(C)=O)[C@@H](C)OC(C)=O)C1Cc2cc3cc(O[C@H]4C[C@@H](O[C@H]5C[C@@H](OC(C)=O)[C@H](OC(C)=O)[C@@H](C)O5)[C@@H](OC(C)=O)[C@@H](C)O4)c(C)c(OC(C)=O)c3c(OC(C)=O)c2C(=O)[C@H]1O[C@H]1C[C@@H](O[C@H]2C[C@@H](O[C@H]3C[C@](C)(OC(C)=O)[C@H](OC(C)=O)[C@@H](C)O3)[C@H](OC(C)=O)[C@@H](C)O2)[C@H](OC(C)=O)[C@@H](C)O1. The summed E-state index contributed by atoms with van der Waals surface area (Å²) >= 11 is 0. The maximum atomic E-state index is 16.3. The van der Waals surface area contributed by atoms with Gasteiger partial charge >= 0.3 is 65.7 Å². The maximum absolute atomic E-state index is 16.3. The molecule has 0 saturated carbocycles. The normalized spacial score (nSPS) is 32.5. The predicted molar refractivity (Wildman–Crippen MR) is 364 cm³/mol. The second kappa shape index (κ2) is 36.6. The van der Waals surface area contributed by atoms with Gasteiger partial charge in [-0.05, 0) is 84.9 Å². The summed E-state index contributed by atoms with van der Waals surface area (Å²) in [6.45, 7) is 24.7. The number of ether oxygens (including phenoxy) is 22. The first kappa shape index (κ1) is 86.2. The molecule has 0 amide bonds. The highest BCUT2D eigenvalue weighted by atomic mass is 16.8. The number of carbonyl (C=O) groups excluding carboxylic acids is 13. The van der Waals surface area contributed by atoms with Crippen LogP contribution in [0.1, 0.15) is 178 Å². The summed E-state index contributed by atoms with van der Waals surface area (Å²) in [5.74, 6) is -12.8. The lowest BCUT2D eigenvalue weighted by molar-refractivity contribution is -0.336. The van der Waals surface area contributed by atoms with Crippen LogP contribution in [-0.4, -0.2) is 231 Å². The molecule has 5 heterocycles. The Morgan fingerprint density at radius 3 is 1.35 bits per heavy atom. The van der Waals surface area contributed by atoms with E-state index in [1.165, 1.54) is 74.4 Å². The van der Waals surface area contributed by atoms with Gasteiger partial charge < -0.3 is 104 Å². The van der Waals surface area contributed by atoms with Crippen LogP contribution in [0.3, 0.4) is 0 Å². The largest absolute Gasteiger partial charge is 0.464 e. The van der Waals surface area contributed by atoms with Gasteiger partial charge in [0.05, 0.1) is 41.5 Å². The minimum Gasteiger partial charge on any atom is -0.464 e. The molecule has 0 spiro atoms. The average molecular weight is 1550 g/mol. The van der Waals surface area contributed by atoms with Crippen LogP contribution in [0.25, 0.3) is 10.8 Å². The molecule has 25 atom stereocenters. The molecule has 2 aromatic rings. The van der Waals surface area contributed by atoms with Gasteiger partial charge in [0.25, 0.3) is 0 Å². The number of benzene rings is 2. The Kier molecular flexibility index (Phi) is 29.0. The highest BCUT2D eigenvalue weighted by Gasteiger charge is 2.56. The summed E-state index contributed by atoms with van der Waals surface area (Å²) in [6, 6.07) is 2.96. The van der Waals surface area contributed by atoms with E-state index in [9.17, 15) is 52.7 Å². The Bertz CT molecular complexity index is 3760. The van der Waals surface area contributed by atoms with Crippen LogP contribution >= 0.6 is 0 Å². The van der Waals surface area contributed by atoms with Crippen LogP contribution in [0.5, 0.6) is 17.2 Å². The Labute approximate surface area is 628 Å². The molecule has 2 aromatic carbocycles. The van der Waals surface area contributed by atoms with E-state index in [1.807, 2.05) is 0 Å².